The average Bonchev–Trinajstić information content (AvgIpc) is 3.23. The molecule has 6 nitrogen and oxygen atoms in total. The molecule has 0 aromatic heterocycles. The smallest absolute Gasteiger partial charge is 0.249 e. The van der Waals surface area contributed by atoms with Crippen molar-refractivity contribution >= 4 is 5.91 Å². The van der Waals surface area contributed by atoms with Crippen LogP contribution in [0.25, 0.3) is 0 Å². The fraction of sp³-hybridized carbons (Fsp3) is 0.827. The molecule has 1 amide bonds. The van der Waals surface area contributed by atoms with Crippen LogP contribution in [0.15, 0.2) is 48.6 Å². The monoisotopic (exact) mass is 816 g/mol. The van der Waals surface area contributed by atoms with Crippen molar-refractivity contribution < 1.29 is 25.2 Å². The average molecular weight is 816 g/mol. The second kappa shape index (κ2) is 46.3. The van der Waals surface area contributed by atoms with E-state index in [0.717, 1.165) is 51.4 Å². The number of unbranched alkanes of at least 4 members (excludes halogenated alkanes) is 28. The van der Waals surface area contributed by atoms with Crippen molar-refractivity contribution in [2.45, 2.75) is 269 Å². The van der Waals surface area contributed by atoms with E-state index >= 15 is 0 Å². The predicted octanol–water partition coefficient (Wildman–Crippen LogP) is 13.9. The first-order valence-electron chi connectivity index (χ1n) is 25.0. The van der Waals surface area contributed by atoms with Gasteiger partial charge in [0.25, 0.3) is 0 Å². The van der Waals surface area contributed by atoms with Crippen LogP contribution in [0.2, 0.25) is 0 Å². The molecule has 0 fully saturated rings. The first-order chi connectivity index (χ1) is 28.5. The summed E-state index contributed by atoms with van der Waals surface area (Å²) in [6, 6.07) is -1.01. The molecule has 4 unspecified atom stereocenters. The highest BCUT2D eigenvalue weighted by atomic mass is 16.3. The van der Waals surface area contributed by atoms with Gasteiger partial charge in [0.15, 0.2) is 0 Å². The number of rotatable bonds is 45. The first kappa shape index (κ1) is 56.3. The summed E-state index contributed by atoms with van der Waals surface area (Å²) in [6.07, 6.45) is 57.4. The zero-order chi connectivity index (χ0) is 42.4. The third-order valence-electron chi connectivity index (χ3n) is 11.5. The maximum absolute atomic E-state index is 12.5. The summed E-state index contributed by atoms with van der Waals surface area (Å²) in [5, 5.41) is 43.6. The van der Waals surface area contributed by atoms with E-state index in [1.54, 1.807) is 0 Å². The Balaban J connectivity index is 3.64. The van der Waals surface area contributed by atoms with E-state index in [9.17, 15) is 25.2 Å². The Morgan fingerprint density at radius 1 is 0.431 bits per heavy atom. The fourth-order valence-corrected chi connectivity index (χ4v) is 7.51. The first-order valence-corrected chi connectivity index (χ1v) is 25.0. The number of amides is 1. The van der Waals surface area contributed by atoms with E-state index in [1.165, 1.54) is 161 Å². The molecule has 0 saturated heterocycles. The fourth-order valence-electron chi connectivity index (χ4n) is 7.51. The molecule has 0 aliphatic heterocycles. The zero-order valence-corrected chi connectivity index (χ0v) is 38.3. The van der Waals surface area contributed by atoms with Gasteiger partial charge < -0.3 is 25.7 Å². The number of hydrogen-bond donors (Lipinski definition) is 5. The van der Waals surface area contributed by atoms with Gasteiger partial charge in [0.05, 0.1) is 18.8 Å². The van der Waals surface area contributed by atoms with Crippen molar-refractivity contribution in [1.29, 1.82) is 0 Å². The number of allylic oxidation sites excluding steroid dienone is 8. The van der Waals surface area contributed by atoms with Crippen LogP contribution in [-0.4, -0.2) is 57.3 Å². The topological polar surface area (TPSA) is 110 Å². The number of nitrogens with one attached hydrogen (secondary N) is 1. The molecule has 0 aliphatic carbocycles. The molecule has 340 valence electrons. The van der Waals surface area contributed by atoms with Crippen LogP contribution in [0.5, 0.6) is 0 Å². The van der Waals surface area contributed by atoms with Crippen molar-refractivity contribution in [3.05, 3.63) is 48.6 Å². The van der Waals surface area contributed by atoms with Gasteiger partial charge in [0, 0.05) is 0 Å². The lowest BCUT2D eigenvalue weighted by atomic mass is 10.00. The molecule has 4 atom stereocenters. The van der Waals surface area contributed by atoms with Crippen LogP contribution < -0.4 is 5.32 Å². The lowest BCUT2D eigenvalue weighted by molar-refractivity contribution is -0.132. The summed E-state index contributed by atoms with van der Waals surface area (Å²) in [5.41, 5.74) is 0. The zero-order valence-electron chi connectivity index (χ0n) is 38.3. The molecule has 0 saturated carbocycles. The van der Waals surface area contributed by atoms with Crippen LogP contribution in [0, 0.1) is 0 Å². The molecule has 0 aromatic rings. The van der Waals surface area contributed by atoms with Gasteiger partial charge in [-0.25, -0.2) is 0 Å². The summed E-state index contributed by atoms with van der Waals surface area (Å²) in [5.74, 6) is -0.599. The highest BCUT2D eigenvalue weighted by molar-refractivity contribution is 5.80. The molecular formula is C52H97NO5. The second-order valence-corrected chi connectivity index (χ2v) is 17.1. The molecule has 0 radical (unpaired) electrons. The maximum Gasteiger partial charge on any atom is 0.249 e. The van der Waals surface area contributed by atoms with Crippen LogP contribution in [0.4, 0.5) is 0 Å². The summed E-state index contributed by atoms with van der Waals surface area (Å²) in [7, 11) is 0. The van der Waals surface area contributed by atoms with Gasteiger partial charge in [-0.15, -0.1) is 0 Å². The van der Waals surface area contributed by atoms with Gasteiger partial charge in [-0.1, -0.05) is 210 Å². The minimum Gasteiger partial charge on any atom is -0.394 e. The van der Waals surface area contributed by atoms with Crippen molar-refractivity contribution in [2.75, 3.05) is 6.61 Å². The highest BCUT2D eigenvalue weighted by Crippen LogP contribution is 2.16. The van der Waals surface area contributed by atoms with Gasteiger partial charge in [0.2, 0.25) is 5.91 Å². The van der Waals surface area contributed by atoms with Crippen LogP contribution in [0.1, 0.15) is 245 Å². The summed E-state index contributed by atoms with van der Waals surface area (Å²) in [6.45, 7) is 4.00. The van der Waals surface area contributed by atoms with Gasteiger partial charge >= 0.3 is 0 Å². The molecule has 58 heavy (non-hydrogen) atoms. The number of carbonyl (C=O) groups is 1. The predicted molar refractivity (Wildman–Crippen MR) is 251 cm³/mol. The minimum atomic E-state index is -1.29. The third kappa shape index (κ3) is 39.7. The lowest BCUT2D eigenvalue weighted by Crippen LogP contribution is -2.53. The Bertz CT molecular complexity index is 961. The molecule has 0 rings (SSSR count). The number of aliphatic hydroxyl groups is 4. The quantitative estimate of drug-likeness (QED) is 0.0311. The van der Waals surface area contributed by atoms with Gasteiger partial charge in [-0.3, -0.25) is 4.79 Å². The van der Waals surface area contributed by atoms with Gasteiger partial charge in [0.1, 0.15) is 12.2 Å². The van der Waals surface area contributed by atoms with Crippen LogP contribution >= 0.6 is 0 Å². The van der Waals surface area contributed by atoms with Crippen LogP contribution in [0.3, 0.4) is 0 Å². The minimum absolute atomic E-state index is 0.359. The number of carbonyl (C=O) groups excluding carboxylic acids is 1. The third-order valence-corrected chi connectivity index (χ3v) is 11.5. The molecule has 0 aliphatic rings. The summed E-state index contributed by atoms with van der Waals surface area (Å²) < 4.78 is 0. The van der Waals surface area contributed by atoms with Gasteiger partial charge in [-0.2, -0.15) is 0 Å². The van der Waals surface area contributed by atoms with Crippen molar-refractivity contribution in [2.24, 2.45) is 0 Å². The molecule has 0 heterocycles. The molecule has 0 aromatic carbocycles. The van der Waals surface area contributed by atoms with E-state index in [-0.39, 0.29) is 0 Å². The normalized spacial score (nSPS) is 14.4. The molecule has 5 N–H and O–H groups in total. The Hall–Kier alpha value is -1.73. The SMILES string of the molecule is CCCCC/C=C/CC/C=C/CCCC(O)C(O)C(CO)NC(=O)C(O)CCCCCCCCCCCCCCCC/C=C\C/C=C\CCCCCCCCCCC. The summed E-state index contributed by atoms with van der Waals surface area (Å²) >= 11 is 0. The molecule has 6 heteroatoms. The van der Waals surface area contributed by atoms with E-state index in [0.29, 0.717) is 19.3 Å². The standard InChI is InChI=1S/C52H97NO5/c1-3-5-7-9-11-13-15-17-18-19-20-21-22-23-24-25-26-27-28-29-30-31-32-33-34-36-38-40-42-44-46-50(56)52(58)53-48(47-54)51(57)49(55)45-43-41-39-37-35-16-14-12-10-8-6-4-2/h12,14,20-21,23-24,37,39,48-51,54-57H,3-11,13,15-19,22,25-36,38,40-47H2,1-2H3,(H,53,58)/b14-12+,21-20-,24-23-,39-37+. The van der Waals surface area contributed by atoms with Crippen molar-refractivity contribution in [3.8, 4) is 0 Å². The van der Waals surface area contributed by atoms with E-state index in [2.05, 4.69) is 67.8 Å². The summed E-state index contributed by atoms with van der Waals surface area (Å²) in [4.78, 5) is 12.5. The van der Waals surface area contributed by atoms with E-state index < -0.39 is 36.9 Å². The Morgan fingerprint density at radius 3 is 1.22 bits per heavy atom. The Labute approximate surface area is 359 Å². The number of hydrogen-bond acceptors (Lipinski definition) is 5. The van der Waals surface area contributed by atoms with E-state index in [4.69, 9.17) is 0 Å². The molecule has 0 bridgehead atoms. The largest absolute Gasteiger partial charge is 0.394 e. The van der Waals surface area contributed by atoms with E-state index in [1.807, 2.05) is 0 Å². The highest BCUT2D eigenvalue weighted by Gasteiger charge is 2.28. The maximum atomic E-state index is 12.5. The molecule has 0 spiro atoms. The Morgan fingerprint density at radius 2 is 0.776 bits per heavy atom. The van der Waals surface area contributed by atoms with Crippen molar-refractivity contribution in [1.82, 2.24) is 5.32 Å². The second-order valence-electron chi connectivity index (χ2n) is 17.1. The number of aliphatic hydroxyl groups excluding tert-OH is 4. The Kier molecular flexibility index (Phi) is 45.0. The lowest BCUT2D eigenvalue weighted by Gasteiger charge is -2.27. The van der Waals surface area contributed by atoms with Gasteiger partial charge in [-0.05, 0) is 83.5 Å². The molecular weight excluding hydrogens is 719 g/mol. The van der Waals surface area contributed by atoms with Crippen molar-refractivity contribution in [3.63, 3.8) is 0 Å². The van der Waals surface area contributed by atoms with Crippen LogP contribution in [-0.2, 0) is 4.79 Å².